The number of carbonyl (C=O) groups excluding carboxylic acids is 5. The maximum Gasteiger partial charge on any atom is 0.358 e. The fourth-order valence-corrected chi connectivity index (χ4v) is 8.97. The van der Waals surface area contributed by atoms with Crippen molar-refractivity contribution in [2.45, 2.75) is 48.7 Å². The van der Waals surface area contributed by atoms with Gasteiger partial charge in [-0.3, -0.25) is 29.1 Å². The van der Waals surface area contributed by atoms with Crippen molar-refractivity contribution in [2.75, 3.05) is 30.7 Å². The van der Waals surface area contributed by atoms with E-state index in [1.807, 2.05) is 72.1 Å². The SMILES string of the molecule is CCC(=O)OCOC(=O)C1=C(COC(C)=O)CS[C@@H]2[C@H](NC(=O)C(C3=CCC(=NC4SCCS4)C=C3)c3ccccc3)C(=O)N12. The van der Waals surface area contributed by atoms with E-state index in [9.17, 15) is 24.0 Å². The van der Waals surface area contributed by atoms with Gasteiger partial charge in [0.15, 0.2) is 0 Å². The maximum atomic E-state index is 13.9. The average molecular weight is 672 g/mol. The topological polar surface area (TPSA) is 141 Å². The molecule has 4 aliphatic rings. The summed E-state index contributed by atoms with van der Waals surface area (Å²) in [4.78, 5) is 69.5. The van der Waals surface area contributed by atoms with Gasteiger partial charge in [0.05, 0.1) is 5.92 Å². The van der Waals surface area contributed by atoms with Crippen molar-refractivity contribution in [3.05, 3.63) is 71.0 Å². The van der Waals surface area contributed by atoms with Gasteiger partial charge < -0.3 is 19.5 Å². The number of rotatable bonds is 11. The monoisotopic (exact) mass is 671 g/mol. The fraction of sp³-hybridized carbons (Fsp3) is 0.419. The van der Waals surface area contributed by atoms with Crippen LogP contribution in [0.15, 0.2) is 70.4 Å². The van der Waals surface area contributed by atoms with E-state index in [0.717, 1.165) is 28.4 Å². The molecule has 2 amide bonds. The fourth-order valence-electron chi connectivity index (χ4n) is 5.08. The highest BCUT2D eigenvalue weighted by Gasteiger charge is 2.55. The van der Waals surface area contributed by atoms with Crippen LogP contribution in [0.4, 0.5) is 0 Å². The molecule has 11 nitrogen and oxygen atoms in total. The number of carbonyl (C=O) groups is 5. The van der Waals surface area contributed by atoms with Crippen molar-refractivity contribution >= 4 is 70.7 Å². The number of thioether (sulfide) groups is 3. The van der Waals surface area contributed by atoms with E-state index in [0.29, 0.717) is 12.0 Å². The minimum Gasteiger partial charge on any atom is -0.461 e. The molecule has 1 aliphatic carbocycles. The van der Waals surface area contributed by atoms with Crippen LogP contribution in [0.2, 0.25) is 0 Å². The molecule has 1 aromatic carbocycles. The molecule has 1 N–H and O–H groups in total. The quantitative estimate of drug-likeness (QED) is 0.210. The number of benzene rings is 1. The second kappa shape index (κ2) is 15.2. The first-order valence-corrected chi connectivity index (χ1v) is 17.6. The zero-order valence-electron chi connectivity index (χ0n) is 24.8. The van der Waals surface area contributed by atoms with Crippen LogP contribution in [-0.4, -0.2) is 87.1 Å². The molecule has 0 saturated carbocycles. The Labute approximate surface area is 273 Å². The van der Waals surface area contributed by atoms with Crippen molar-refractivity contribution in [3.63, 3.8) is 0 Å². The zero-order chi connectivity index (χ0) is 31.9. The number of hydrogen-bond acceptors (Lipinski definition) is 12. The van der Waals surface area contributed by atoms with Gasteiger partial charge in [0.1, 0.15) is 28.4 Å². The minimum atomic E-state index is -0.897. The Morgan fingerprint density at radius 2 is 1.80 bits per heavy atom. The summed E-state index contributed by atoms with van der Waals surface area (Å²) < 4.78 is 15.3. The van der Waals surface area contributed by atoms with E-state index in [4.69, 9.17) is 19.2 Å². The van der Waals surface area contributed by atoms with Crippen molar-refractivity contribution in [2.24, 2.45) is 4.99 Å². The number of fused-ring (bicyclic) bond motifs is 1. The number of aliphatic imine (C=N–C) groups is 1. The molecule has 1 unspecified atom stereocenters. The van der Waals surface area contributed by atoms with E-state index in [2.05, 4.69) is 5.32 Å². The number of nitrogens with zero attached hydrogens (tertiary/aromatic N) is 2. The first-order chi connectivity index (χ1) is 21.8. The molecule has 2 fully saturated rings. The van der Waals surface area contributed by atoms with Crippen LogP contribution in [0.5, 0.6) is 0 Å². The number of allylic oxidation sites excluding steroid dienone is 3. The molecule has 238 valence electrons. The molecule has 3 atom stereocenters. The molecule has 5 rings (SSSR count). The smallest absolute Gasteiger partial charge is 0.358 e. The van der Waals surface area contributed by atoms with Crippen molar-refractivity contribution < 1.29 is 38.2 Å². The highest BCUT2D eigenvalue weighted by atomic mass is 32.2. The Balaban J connectivity index is 1.32. The van der Waals surface area contributed by atoms with Gasteiger partial charge in [0.2, 0.25) is 12.7 Å². The second-order valence-corrected chi connectivity index (χ2v) is 14.1. The van der Waals surface area contributed by atoms with E-state index in [1.165, 1.54) is 23.6 Å². The molecular formula is C31H33N3O8S3. The van der Waals surface area contributed by atoms with Crippen LogP contribution < -0.4 is 5.32 Å². The summed E-state index contributed by atoms with van der Waals surface area (Å²) in [6, 6.07) is 8.46. The van der Waals surface area contributed by atoms with Gasteiger partial charge >= 0.3 is 17.9 Å². The predicted molar refractivity (Wildman–Crippen MR) is 173 cm³/mol. The van der Waals surface area contributed by atoms with Gasteiger partial charge in [-0.05, 0) is 17.2 Å². The molecule has 0 aromatic heterocycles. The van der Waals surface area contributed by atoms with Crippen LogP contribution in [0.1, 0.15) is 38.2 Å². The Morgan fingerprint density at radius 3 is 2.47 bits per heavy atom. The lowest BCUT2D eigenvalue weighted by atomic mass is 9.86. The Morgan fingerprint density at radius 1 is 1.04 bits per heavy atom. The molecule has 3 heterocycles. The van der Waals surface area contributed by atoms with Crippen LogP contribution in [0, 0.1) is 0 Å². The van der Waals surface area contributed by atoms with Gasteiger partial charge in [-0.2, -0.15) is 0 Å². The summed E-state index contributed by atoms with van der Waals surface area (Å²) in [5, 5.41) is 2.34. The van der Waals surface area contributed by atoms with Crippen LogP contribution in [0.3, 0.4) is 0 Å². The van der Waals surface area contributed by atoms with Crippen LogP contribution in [-0.2, 0) is 38.2 Å². The highest BCUT2D eigenvalue weighted by Crippen LogP contribution is 2.41. The summed E-state index contributed by atoms with van der Waals surface area (Å²) >= 11 is 4.99. The van der Waals surface area contributed by atoms with E-state index >= 15 is 0 Å². The molecule has 45 heavy (non-hydrogen) atoms. The molecule has 1 aromatic rings. The third kappa shape index (κ3) is 7.85. The normalized spacial score (nSPS) is 22.7. The number of β-lactam (4-membered cyclic amide) rings is 1. The first kappa shape index (κ1) is 32.9. The summed E-state index contributed by atoms with van der Waals surface area (Å²) in [5.74, 6) is -1.08. The van der Waals surface area contributed by atoms with Gasteiger partial charge in [-0.25, -0.2) is 4.79 Å². The highest BCUT2D eigenvalue weighted by molar-refractivity contribution is 8.20. The lowest BCUT2D eigenvalue weighted by Gasteiger charge is -2.49. The molecule has 0 bridgehead atoms. The maximum absolute atomic E-state index is 13.9. The van der Waals surface area contributed by atoms with Crippen molar-refractivity contribution in [1.82, 2.24) is 10.2 Å². The summed E-state index contributed by atoms with van der Waals surface area (Å²) in [5.41, 5.74) is 2.84. The Kier molecular flexibility index (Phi) is 11.1. The van der Waals surface area contributed by atoms with Crippen LogP contribution >= 0.6 is 35.3 Å². The van der Waals surface area contributed by atoms with E-state index in [-0.39, 0.29) is 35.1 Å². The summed E-state index contributed by atoms with van der Waals surface area (Å²) in [6.45, 7) is 2.01. The zero-order valence-corrected chi connectivity index (χ0v) is 27.2. The van der Waals surface area contributed by atoms with E-state index in [1.54, 1.807) is 6.92 Å². The lowest BCUT2D eigenvalue weighted by Crippen LogP contribution is -2.71. The molecule has 14 heteroatoms. The molecule has 3 aliphatic heterocycles. The minimum absolute atomic E-state index is 0.0778. The third-order valence-electron chi connectivity index (χ3n) is 7.31. The Hall–Kier alpha value is -3.49. The largest absolute Gasteiger partial charge is 0.461 e. The average Bonchev–Trinajstić information content (AvgIpc) is 3.56. The van der Waals surface area contributed by atoms with Gasteiger partial charge in [0.25, 0.3) is 5.91 Å². The molecular weight excluding hydrogens is 639 g/mol. The van der Waals surface area contributed by atoms with Gasteiger partial charge in [-0.1, -0.05) is 49.4 Å². The number of nitrogens with one attached hydrogen (secondary N) is 1. The summed E-state index contributed by atoms with van der Waals surface area (Å²) in [6.07, 6.45) is 6.58. The molecule has 0 radical (unpaired) electrons. The summed E-state index contributed by atoms with van der Waals surface area (Å²) in [7, 11) is 0. The van der Waals surface area contributed by atoms with E-state index < -0.39 is 47.9 Å². The van der Waals surface area contributed by atoms with Crippen molar-refractivity contribution in [3.8, 4) is 0 Å². The number of esters is 3. The second-order valence-electron chi connectivity index (χ2n) is 10.3. The number of ether oxygens (including phenoxy) is 3. The molecule has 2 saturated heterocycles. The first-order valence-electron chi connectivity index (χ1n) is 14.4. The third-order valence-corrected chi connectivity index (χ3v) is 11.4. The lowest BCUT2D eigenvalue weighted by molar-refractivity contribution is -0.168. The van der Waals surface area contributed by atoms with Gasteiger partial charge in [0, 0.05) is 48.3 Å². The Bertz CT molecular complexity index is 1470. The molecule has 0 spiro atoms. The number of amides is 2. The van der Waals surface area contributed by atoms with Crippen molar-refractivity contribution in [1.29, 1.82) is 0 Å². The van der Waals surface area contributed by atoms with Crippen LogP contribution in [0.25, 0.3) is 0 Å². The standard InChI is InChI=1S/C31H33N3O8S3/c1-3-23(36)41-17-42-30(39)26-21(15-40-18(2)35)16-45-29-25(28(38)34(26)29)33-27(37)24(19-7-5-4-6-8-19)20-9-11-22(12-10-20)32-31-43-13-14-44-31/h4-11,24-25,29,31H,3,12-17H2,1-2H3,(H,33,37)/t24?,25-,29-/m1/s1. The van der Waals surface area contributed by atoms with Gasteiger partial charge in [-0.15, -0.1) is 35.3 Å². The number of hydrogen-bond donors (Lipinski definition) is 1. The predicted octanol–water partition coefficient (Wildman–Crippen LogP) is 3.53.